The summed E-state index contributed by atoms with van der Waals surface area (Å²) in [7, 11) is 0. The van der Waals surface area contributed by atoms with Crippen LogP contribution in [0.25, 0.3) is 0 Å². The second-order valence-corrected chi connectivity index (χ2v) is 3.64. The molecule has 3 heteroatoms. The molecule has 0 fully saturated rings. The standard InChI is InChI=1S/C12H11ClO2/c13-7-2-8-15-11-4-1-3-9-5-6-10(14)12(9)11/h1-4,7H,5-6,8H2/b7-2+. The highest BCUT2D eigenvalue weighted by Crippen LogP contribution is 2.30. The van der Waals surface area contributed by atoms with Crippen molar-refractivity contribution < 1.29 is 9.53 Å². The maximum atomic E-state index is 11.6. The molecule has 0 aromatic heterocycles. The quantitative estimate of drug-likeness (QED) is 0.786. The van der Waals surface area contributed by atoms with Crippen LogP contribution in [0.2, 0.25) is 0 Å². The van der Waals surface area contributed by atoms with Gasteiger partial charge in [0.15, 0.2) is 5.78 Å². The molecule has 0 saturated heterocycles. The fourth-order valence-corrected chi connectivity index (χ4v) is 1.84. The first-order valence-electron chi connectivity index (χ1n) is 4.86. The van der Waals surface area contributed by atoms with Gasteiger partial charge in [0.25, 0.3) is 0 Å². The molecule has 0 bridgehead atoms. The normalized spacial score (nSPS) is 14.6. The summed E-state index contributed by atoms with van der Waals surface area (Å²) in [5.74, 6) is 0.847. The van der Waals surface area contributed by atoms with Crippen molar-refractivity contribution in [2.24, 2.45) is 0 Å². The minimum absolute atomic E-state index is 0.176. The van der Waals surface area contributed by atoms with Crippen molar-refractivity contribution in [3.63, 3.8) is 0 Å². The van der Waals surface area contributed by atoms with E-state index in [1.807, 2.05) is 18.2 Å². The molecule has 0 atom stereocenters. The zero-order valence-electron chi connectivity index (χ0n) is 8.20. The van der Waals surface area contributed by atoms with E-state index in [0.29, 0.717) is 18.8 Å². The summed E-state index contributed by atoms with van der Waals surface area (Å²) in [4.78, 5) is 11.6. The Morgan fingerprint density at radius 2 is 2.27 bits per heavy atom. The largest absolute Gasteiger partial charge is 0.489 e. The van der Waals surface area contributed by atoms with Crippen LogP contribution in [0.4, 0.5) is 0 Å². The van der Waals surface area contributed by atoms with Crippen molar-refractivity contribution in [1.29, 1.82) is 0 Å². The Hall–Kier alpha value is -1.28. The van der Waals surface area contributed by atoms with Crippen LogP contribution in [0.1, 0.15) is 22.3 Å². The number of hydrogen-bond donors (Lipinski definition) is 0. The number of halogens is 1. The SMILES string of the molecule is O=C1CCc2cccc(OC/C=C/Cl)c21. The number of aryl methyl sites for hydroxylation is 1. The molecule has 1 aromatic rings. The summed E-state index contributed by atoms with van der Waals surface area (Å²) in [6.45, 7) is 0.396. The van der Waals surface area contributed by atoms with Crippen molar-refractivity contribution in [1.82, 2.24) is 0 Å². The zero-order valence-corrected chi connectivity index (χ0v) is 8.96. The fraction of sp³-hybridized carbons (Fsp3) is 0.250. The van der Waals surface area contributed by atoms with Gasteiger partial charge in [-0.25, -0.2) is 0 Å². The first-order valence-corrected chi connectivity index (χ1v) is 5.29. The summed E-state index contributed by atoms with van der Waals surface area (Å²) in [5, 5.41) is 0. The van der Waals surface area contributed by atoms with E-state index < -0.39 is 0 Å². The van der Waals surface area contributed by atoms with Gasteiger partial charge in [0.1, 0.15) is 12.4 Å². The minimum Gasteiger partial charge on any atom is -0.489 e. The molecular weight excluding hydrogens is 212 g/mol. The second kappa shape index (κ2) is 4.49. The van der Waals surface area contributed by atoms with E-state index in [1.54, 1.807) is 6.08 Å². The maximum absolute atomic E-state index is 11.6. The molecule has 0 N–H and O–H groups in total. The third kappa shape index (κ3) is 2.05. The lowest BCUT2D eigenvalue weighted by molar-refractivity contribution is 0.0991. The molecule has 0 unspecified atom stereocenters. The highest BCUT2D eigenvalue weighted by Gasteiger charge is 2.23. The van der Waals surface area contributed by atoms with E-state index in [9.17, 15) is 4.79 Å². The Morgan fingerprint density at radius 3 is 3.07 bits per heavy atom. The minimum atomic E-state index is 0.176. The molecule has 2 rings (SSSR count). The zero-order chi connectivity index (χ0) is 10.7. The van der Waals surface area contributed by atoms with E-state index in [0.717, 1.165) is 17.5 Å². The highest BCUT2D eigenvalue weighted by molar-refractivity contribution is 6.25. The van der Waals surface area contributed by atoms with Crippen molar-refractivity contribution in [2.75, 3.05) is 6.61 Å². The molecule has 1 aliphatic carbocycles. The number of ketones is 1. The highest BCUT2D eigenvalue weighted by atomic mass is 35.5. The monoisotopic (exact) mass is 222 g/mol. The number of benzene rings is 1. The number of ether oxygens (including phenoxy) is 1. The molecule has 15 heavy (non-hydrogen) atoms. The molecule has 1 aliphatic rings. The summed E-state index contributed by atoms with van der Waals surface area (Å²) in [6, 6.07) is 5.71. The predicted octanol–water partition coefficient (Wildman–Crippen LogP) is 2.95. The van der Waals surface area contributed by atoms with Crippen LogP contribution in [-0.4, -0.2) is 12.4 Å². The summed E-state index contributed by atoms with van der Waals surface area (Å²) < 4.78 is 5.47. The molecule has 0 spiro atoms. The molecule has 0 radical (unpaired) electrons. The molecule has 2 nitrogen and oxygen atoms in total. The Morgan fingerprint density at radius 1 is 1.40 bits per heavy atom. The van der Waals surface area contributed by atoms with Gasteiger partial charge >= 0.3 is 0 Å². The molecule has 0 amide bonds. The number of hydrogen-bond acceptors (Lipinski definition) is 2. The van der Waals surface area contributed by atoms with E-state index in [4.69, 9.17) is 16.3 Å². The van der Waals surface area contributed by atoms with Gasteiger partial charge in [-0.1, -0.05) is 23.7 Å². The third-order valence-electron chi connectivity index (χ3n) is 2.44. The van der Waals surface area contributed by atoms with E-state index >= 15 is 0 Å². The lowest BCUT2D eigenvalue weighted by Gasteiger charge is -2.07. The van der Waals surface area contributed by atoms with Crippen LogP contribution < -0.4 is 4.74 Å². The van der Waals surface area contributed by atoms with Gasteiger partial charge in [-0.2, -0.15) is 0 Å². The predicted molar refractivity (Wildman–Crippen MR) is 59.6 cm³/mol. The van der Waals surface area contributed by atoms with Gasteiger partial charge < -0.3 is 4.74 Å². The van der Waals surface area contributed by atoms with Crippen molar-refractivity contribution >= 4 is 17.4 Å². The van der Waals surface area contributed by atoms with Crippen molar-refractivity contribution in [3.05, 3.63) is 40.9 Å². The number of carbonyl (C=O) groups is 1. The van der Waals surface area contributed by atoms with Crippen LogP contribution in [0.15, 0.2) is 29.8 Å². The number of rotatable bonds is 3. The Kier molecular flexibility index (Phi) is 3.07. The Bertz CT molecular complexity index is 410. The molecule has 0 saturated carbocycles. The Balaban J connectivity index is 2.24. The third-order valence-corrected chi connectivity index (χ3v) is 2.62. The van der Waals surface area contributed by atoms with Crippen LogP contribution in [0.5, 0.6) is 5.75 Å². The smallest absolute Gasteiger partial charge is 0.167 e. The lowest BCUT2D eigenvalue weighted by Crippen LogP contribution is -2.00. The van der Waals surface area contributed by atoms with Gasteiger partial charge in [-0.05, 0) is 24.1 Å². The van der Waals surface area contributed by atoms with Crippen molar-refractivity contribution in [2.45, 2.75) is 12.8 Å². The first-order chi connectivity index (χ1) is 7.33. The first kappa shape index (κ1) is 10.2. The topological polar surface area (TPSA) is 26.3 Å². The molecular formula is C12H11ClO2. The average Bonchev–Trinajstić information content (AvgIpc) is 2.62. The Labute approximate surface area is 93.5 Å². The second-order valence-electron chi connectivity index (χ2n) is 3.39. The molecule has 0 heterocycles. The fourth-order valence-electron chi connectivity index (χ4n) is 1.77. The van der Waals surface area contributed by atoms with Gasteiger partial charge in [0.05, 0.1) is 5.56 Å². The van der Waals surface area contributed by atoms with E-state index in [-0.39, 0.29) is 5.78 Å². The number of fused-ring (bicyclic) bond motifs is 1. The van der Waals surface area contributed by atoms with Gasteiger partial charge in [0.2, 0.25) is 0 Å². The molecule has 1 aromatic carbocycles. The summed E-state index contributed by atoms with van der Waals surface area (Å²) >= 11 is 5.39. The molecule has 78 valence electrons. The van der Waals surface area contributed by atoms with Crippen molar-refractivity contribution in [3.8, 4) is 5.75 Å². The number of carbonyl (C=O) groups excluding carboxylic acids is 1. The maximum Gasteiger partial charge on any atom is 0.167 e. The van der Waals surface area contributed by atoms with Crippen LogP contribution in [0.3, 0.4) is 0 Å². The van der Waals surface area contributed by atoms with E-state index in [1.165, 1.54) is 5.54 Å². The van der Waals surface area contributed by atoms with Gasteiger partial charge in [-0.15, -0.1) is 0 Å². The molecule has 0 aliphatic heterocycles. The summed E-state index contributed by atoms with van der Waals surface area (Å²) in [5.41, 5.74) is 3.25. The summed E-state index contributed by atoms with van der Waals surface area (Å²) in [6.07, 6.45) is 3.12. The van der Waals surface area contributed by atoms with Gasteiger partial charge in [0, 0.05) is 12.0 Å². The van der Waals surface area contributed by atoms with Crippen LogP contribution in [-0.2, 0) is 6.42 Å². The van der Waals surface area contributed by atoms with Gasteiger partial charge in [-0.3, -0.25) is 4.79 Å². The average molecular weight is 223 g/mol. The number of Topliss-reactive ketones (excluding diaryl/α,β-unsaturated/α-hetero) is 1. The lowest BCUT2D eigenvalue weighted by atomic mass is 10.1. The van der Waals surface area contributed by atoms with Crippen LogP contribution in [0, 0.1) is 0 Å². The van der Waals surface area contributed by atoms with Crippen LogP contribution >= 0.6 is 11.6 Å². The van der Waals surface area contributed by atoms with E-state index in [2.05, 4.69) is 0 Å².